The number of hydrogen-bond donors (Lipinski definition) is 1. The monoisotopic (exact) mass is 316 g/mol. The Morgan fingerprint density at radius 2 is 2.17 bits per heavy atom. The summed E-state index contributed by atoms with van der Waals surface area (Å²) in [6.07, 6.45) is 2.84. The van der Waals surface area contributed by atoms with E-state index in [4.69, 9.17) is 0 Å². The predicted molar refractivity (Wildman–Crippen MR) is 86.6 cm³/mol. The van der Waals surface area contributed by atoms with Crippen LogP contribution < -0.4 is 5.32 Å². The molecule has 1 amide bonds. The first-order valence-electron chi connectivity index (χ1n) is 7.86. The minimum Gasteiger partial charge on any atom is -0.309 e. The van der Waals surface area contributed by atoms with E-state index in [1.54, 1.807) is 12.1 Å². The van der Waals surface area contributed by atoms with E-state index in [2.05, 4.69) is 15.3 Å². The third-order valence-electron chi connectivity index (χ3n) is 4.38. The zero-order valence-electron chi connectivity index (χ0n) is 13.4. The van der Waals surface area contributed by atoms with E-state index in [0.29, 0.717) is 5.82 Å². The van der Waals surface area contributed by atoms with Gasteiger partial charge in [0.25, 0.3) is 0 Å². The molecule has 5 nitrogen and oxygen atoms in total. The number of halogens is 1. The summed E-state index contributed by atoms with van der Waals surface area (Å²) < 4.78 is 15.8. The van der Waals surface area contributed by atoms with Gasteiger partial charge in [0.05, 0.1) is 6.04 Å². The van der Waals surface area contributed by atoms with E-state index >= 15 is 0 Å². The molecule has 122 valence electrons. The van der Waals surface area contributed by atoms with E-state index in [-0.39, 0.29) is 23.8 Å². The van der Waals surface area contributed by atoms with Crippen molar-refractivity contribution in [1.82, 2.24) is 14.7 Å². The number of carbonyl (C=O) groups excluding carboxylic acids is 1. The second kappa shape index (κ2) is 6.50. The topological polar surface area (TPSA) is 50.2 Å². The molecule has 0 saturated carbocycles. The van der Waals surface area contributed by atoms with Gasteiger partial charge in [0.2, 0.25) is 5.91 Å². The van der Waals surface area contributed by atoms with Crippen LogP contribution in [-0.2, 0) is 4.79 Å². The molecule has 1 aliphatic heterocycles. The van der Waals surface area contributed by atoms with Gasteiger partial charge >= 0.3 is 0 Å². The summed E-state index contributed by atoms with van der Waals surface area (Å²) in [6.45, 7) is 5.21. The van der Waals surface area contributed by atoms with Gasteiger partial charge in [-0.15, -0.1) is 0 Å². The number of anilines is 1. The fourth-order valence-corrected chi connectivity index (χ4v) is 3.13. The minimum absolute atomic E-state index is 0.0339. The summed E-state index contributed by atoms with van der Waals surface area (Å²) in [4.78, 5) is 13.3. The first kappa shape index (κ1) is 15.7. The van der Waals surface area contributed by atoms with Crippen LogP contribution in [0.25, 0.3) is 0 Å². The molecule has 1 saturated heterocycles. The van der Waals surface area contributed by atoms with Crippen LogP contribution in [0.1, 0.15) is 37.9 Å². The summed E-state index contributed by atoms with van der Waals surface area (Å²) in [5, 5.41) is 7.08. The van der Waals surface area contributed by atoms with Crippen molar-refractivity contribution in [2.24, 2.45) is 0 Å². The highest BCUT2D eigenvalue weighted by Gasteiger charge is 2.29. The van der Waals surface area contributed by atoms with E-state index in [9.17, 15) is 9.18 Å². The Balaban J connectivity index is 1.67. The quantitative estimate of drug-likeness (QED) is 0.943. The van der Waals surface area contributed by atoms with Crippen LogP contribution in [-0.4, -0.2) is 33.7 Å². The van der Waals surface area contributed by atoms with Crippen molar-refractivity contribution in [3.05, 3.63) is 47.9 Å². The Hall–Kier alpha value is -2.21. The van der Waals surface area contributed by atoms with Gasteiger partial charge in [-0.1, -0.05) is 18.2 Å². The SMILES string of the molecule is CC(=O)Nc1ccn([C@H]2CCN([C@H](C)c3ccccc3F)C2)n1. The van der Waals surface area contributed by atoms with Crippen molar-refractivity contribution in [3.63, 3.8) is 0 Å². The number of rotatable bonds is 4. The smallest absolute Gasteiger partial charge is 0.222 e. The molecule has 0 spiro atoms. The molecule has 23 heavy (non-hydrogen) atoms. The Labute approximate surface area is 135 Å². The number of carbonyl (C=O) groups is 1. The zero-order chi connectivity index (χ0) is 16.4. The Kier molecular flexibility index (Phi) is 4.43. The van der Waals surface area contributed by atoms with Gasteiger partial charge in [0, 0.05) is 43.9 Å². The van der Waals surface area contributed by atoms with Gasteiger partial charge in [-0.25, -0.2) is 4.39 Å². The molecule has 1 N–H and O–H groups in total. The molecule has 0 bridgehead atoms. The molecule has 1 fully saturated rings. The molecule has 0 radical (unpaired) electrons. The summed E-state index contributed by atoms with van der Waals surface area (Å²) in [7, 11) is 0. The average molecular weight is 316 g/mol. The van der Waals surface area contributed by atoms with Crippen molar-refractivity contribution in [1.29, 1.82) is 0 Å². The van der Waals surface area contributed by atoms with Crippen molar-refractivity contribution >= 4 is 11.7 Å². The molecule has 1 aliphatic rings. The molecule has 1 aromatic heterocycles. The fourth-order valence-electron chi connectivity index (χ4n) is 3.13. The highest BCUT2D eigenvalue weighted by molar-refractivity contribution is 5.87. The summed E-state index contributed by atoms with van der Waals surface area (Å²) in [6, 6.07) is 9.01. The van der Waals surface area contributed by atoms with Crippen LogP contribution >= 0.6 is 0 Å². The van der Waals surface area contributed by atoms with Crippen molar-refractivity contribution in [2.75, 3.05) is 18.4 Å². The van der Waals surface area contributed by atoms with Gasteiger partial charge in [0.15, 0.2) is 5.82 Å². The molecule has 3 rings (SSSR count). The van der Waals surface area contributed by atoms with Gasteiger partial charge in [-0.05, 0) is 19.4 Å². The van der Waals surface area contributed by atoms with E-state index < -0.39 is 0 Å². The third kappa shape index (κ3) is 3.42. The standard InChI is InChI=1S/C17H21FN4O/c1-12(15-5-3-4-6-16(15)18)21-9-7-14(11-21)22-10-8-17(20-22)19-13(2)23/h3-6,8,10,12,14H,7,9,11H2,1-2H3,(H,19,20,23)/t12-,14+/m1/s1. The van der Waals surface area contributed by atoms with Crippen molar-refractivity contribution in [2.45, 2.75) is 32.4 Å². The lowest BCUT2D eigenvalue weighted by Gasteiger charge is -2.25. The normalized spacial score (nSPS) is 19.7. The lowest BCUT2D eigenvalue weighted by Crippen LogP contribution is -2.26. The van der Waals surface area contributed by atoms with E-state index in [1.807, 2.05) is 29.9 Å². The maximum atomic E-state index is 14.0. The summed E-state index contributed by atoms with van der Waals surface area (Å²) >= 11 is 0. The highest BCUT2D eigenvalue weighted by Crippen LogP contribution is 2.30. The second-order valence-electron chi connectivity index (χ2n) is 6.00. The van der Waals surface area contributed by atoms with Crippen LogP contribution in [0.15, 0.2) is 36.5 Å². The van der Waals surface area contributed by atoms with E-state index in [1.165, 1.54) is 13.0 Å². The molecular formula is C17H21FN4O. The number of amides is 1. The van der Waals surface area contributed by atoms with Crippen LogP contribution in [0, 0.1) is 5.82 Å². The van der Waals surface area contributed by atoms with Crippen LogP contribution in [0.3, 0.4) is 0 Å². The molecule has 2 atom stereocenters. The third-order valence-corrected chi connectivity index (χ3v) is 4.38. The lowest BCUT2D eigenvalue weighted by molar-refractivity contribution is -0.114. The molecule has 2 aromatic rings. The molecule has 6 heteroatoms. The highest BCUT2D eigenvalue weighted by atomic mass is 19.1. The summed E-state index contributed by atoms with van der Waals surface area (Å²) in [5.41, 5.74) is 0.729. The van der Waals surface area contributed by atoms with Crippen LogP contribution in [0.2, 0.25) is 0 Å². The largest absolute Gasteiger partial charge is 0.309 e. The summed E-state index contributed by atoms with van der Waals surface area (Å²) in [5.74, 6) is 0.282. The molecule has 0 aliphatic carbocycles. The van der Waals surface area contributed by atoms with Gasteiger partial charge < -0.3 is 5.32 Å². The maximum absolute atomic E-state index is 14.0. The first-order chi connectivity index (χ1) is 11.0. The number of likely N-dealkylation sites (tertiary alicyclic amines) is 1. The van der Waals surface area contributed by atoms with E-state index in [0.717, 1.165) is 25.1 Å². The Bertz CT molecular complexity index is 699. The number of aromatic nitrogens is 2. The van der Waals surface area contributed by atoms with Gasteiger partial charge in [-0.2, -0.15) is 5.10 Å². The van der Waals surface area contributed by atoms with Gasteiger partial charge in [-0.3, -0.25) is 14.4 Å². The number of hydrogen-bond acceptors (Lipinski definition) is 3. The Morgan fingerprint density at radius 3 is 2.91 bits per heavy atom. The number of nitrogens with zero attached hydrogens (tertiary/aromatic N) is 3. The fraction of sp³-hybridized carbons (Fsp3) is 0.412. The first-order valence-corrected chi connectivity index (χ1v) is 7.86. The van der Waals surface area contributed by atoms with Crippen LogP contribution in [0.4, 0.5) is 10.2 Å². The second-order valence-corrected chi connectivity index (χ2v) is 6.00. The van der Waals surface area contributed by atoms with Gasteiger partial charge in [0.1, 0.15) is 5.82 Å². The maximum Gasteiger partial charge on any atom is 0.222 e. The molecule has 0 unspecified atom stereocenters. The molecule has 1 aromatic carbocycles. The molecular weight excluding hydrogens is 295 g/mol. The van der Waals surface area contributed by atoms with Crippen molar-refractivity contribution < 1.29 is 9.18 Å². The molecule has 2 heterocycles. The predicted octanol–water partition coefficient (Wildman–Crippen LogP) is 2.99. The minimum atomic E-state index is -0.157. The zero-order valence-corrected chi connectivity index (χ0v) is 13.4. The average Bonchev–Trinajstić information content (AvgIpc) is 3.15. The van der Waals surface area contributed by atoms with Crippen molar-refractivity contribution in [3.8, 4) is 0 Å². The lowest BCUT2D eigenvalue weighted by atomic mass is 10.1. The number of benzene rings is 1. The Morgan fingerprint density at radius 1 is 1.39 bits per heavy atom. The van der Waals surface area contributed by atoms with Crippen LogP contribution in [0.5, 0.6) is 0 Å². The number of nitrogens with one attached hydrogen (secondary N) is 1.